The van der Waals surface area contributed by atoms with Crippen LogP contribution < -0.4 is 0 Å². The van der Waals surface area contributed by atoms with E-state index in [0.717, 1.165) is 0 Å². The zero-order valence-corrected chi connectivity index (χ0v) is 14.1. The molecule has 0 heterocycles. The summed E-state index contributed by atoms with van der Waals surface area (Å²) in [5, 5.41) is 0. The molecular weight excluding hydrogens is 287 g/mol. The normalized spacial score (nSPS) is 8.38. The maximum absolute atomic E-state index is 2.31. The van der Waals surface area contributed by atoms with Gasteiger partial charge in [0.15, 0.2) is 0 Å². The molecule has 84 valence electrons. The first kappa shape index (κ1) is 15.8. The monoisotopic (exact) mass is 306 g/mol. The van der Waals surface area contributed by atoms with E-state index in [1.54, 1.807) is 23.3 Å². The zero-order chi connectivity index (χ0) is 12.4. The predicted octanol–water partition coefficient (Wildman–Crippen LogP) is 4.21. The number of aryl methyl sites for hydroxylation is 2. The standard InChI is InChI=1S/2C6H7.C2H6Si.Zr/c2*1-6-4-2-3-5-6;1-3-2;/h2*2-5H,1H3;1-2H3;/q2*-1;;+2. The first-order valence-corrected chi connectivity index (χ1v) is 11.6. The second-order valence-electron chi connectivity index (χ2n) is 3.92. The Bertz CT molecular complexity index is 321. The van der Waals surface area contributed by atoms with E-state index in [1.807, 2.05) is 24.3 Å². The number of hydrogen-bond acceptors (Lipinski definition) is 0. The molecule has 0 unspecified atom stereocenters. The fourth-order valence-electron chi connectivity index (χ4n) is 0.940. The Kier molecular flexibility index (Phi) is 9.86. The van der Waals surface area contributed by atoms with E-state index in [9.17, 15) is 0 Å². The molecule has 0 saturated carbocycles. The van der Waals surface area contributed by atoms with Gasteiger partial charge in [-0.15, -0.1) is 0 Å². The minimum atomic E-state index is 0.210. The molecule has 0 fully saturated rings. The van der Waals surface area contributed by atoms with E-state index in [4.69, 9.17) is 0 Å². The molecule has 0 spiro atoms. The third-order valence-electron chi connectivity index (χ3n) is 1.66. The van der Waals surface area contributed by atoms with Crippen molar-refractivity contribution in [3.8, 4) is 0 Å². The van der Waals surface area contributed by atoms with Gasteiger partial charge >= 0.3 is 41.9 Å². The van der Waals surface area contributed by atoms with Gasteiger partial charge in [-0.25, -0.2) is 24.3 Å². The summed E-state index contributed by atoms with van der Waals surface area (Å²) < 4.78 is 0. The Balaban J connectivity index is 0.000000217. The summed E-state index contributed by atoms with van der Waals surface area (Å²) in [5.41, 5.74) is 2.90. The van der Waals surface area contributed by atoms with Gasteiger partial charge in [0.25, 0.3) is 0 Å². The van der Waals surface area contributed by atoms with Gasteiger partial charge in [-0.3, -0.25) is 0 Å². The predicted molar refractivity (Wildman–Crippen MR) is 71.0 cm³/mol. The van der Waals surface area contributed by atoms with Crippen LogP contribution in [-0.4, -0.2) is 5.43 Å². The number of hydrogen-bond donors (Lipinski definition) is 0. The third kappa shape index (κ3) is 11.9. The van der Waals surface area contributed by atoms with E-state index in [-0.39, 0.29) is 5.43 Å². The molecule has 0 saturated heterocycles. The summed E-state index contributed by atoms with van der Waals surface area (Å²) in [5.74, 6) is 0. The topological polar surface area (TPSA) is 0 Å². The molecule has 0 bridgehead atoms. The van der Waals surface area contributed by atoms with Crippen molar-refractivity contribution >= 4 is 5.43 Å². The summed E-state index contributed by atoms with van der Waals surface area (Å²) in [7, 11) is 0. The van der Waals surface area contributed by atoms with Crippen LogP contribution in [0.4, 0.5) is 0 Å². The van der Waals surface area contributed by atoms with Crippen molar-refractivity contribution in [1.29, 1.82) is 0 Å². The van der Waals surface area contributed by atoms with Gasteiger partial charge in [0.1, 0.15) is 0 Å². The van der Waals surface area contributed by atoms with E-state index >= 15 is 0 Å². The summed E-state index contributed by atoms with van der Waals surface area (Å²) >= 11 is 1.74. The van der Waals surface area contributed by atoms with Crippen molar-refractivity contribution in [2.75, 3.05) is 0 Å². The second-order valence-corrected chi connectivity index (χ2v) is 13.3. The van der Waals surface area contributed by atoms with Gasteiger partial charge in [0.05, 0.1) is 0 Å². The van der Waals surface area contributed by atoms with E-state index in [1.165, 1.54) is 11.1 Å². The van der Waals surface area contributed by atoms with Crippen molar-refractivity contribution in [3.05, 3.63) is 59.7 Å². The average Bonchev–Trinajstić information content (AvgIpc) is 2.78. The maximum atomic E-state index is 2.31. The summed E-state index contributed by atoms with van der Waals surface area (Å²) in [6.07, 6.45) is 0. The number of rotatable bonds is 0. The Hall–Kier alpha value is -0.200. The van der Waals surface area contributed by atoms with E-state index in [0.29, 0.717) is 0 Å². The van der Waals surface area contributed by atoms with Crippen molar-refractivity contribution in [3.63, 3.8) is 0 Å². The van der Waals surface area contributed by atoms with E-state index < -0.39 is 0 Å². The van der Waals surface area contributed by atoms with Gasteiger partial charge in [-0.2, -0.15) is 35.4 Å². The van der Waals surface area contributed by atoms with Crippen molar-refractivity contribution in [1.82, 2.24) is 0 Å². The molecule has 0 N–H and O–H groups in total. The molecule has 0 amide bonds. The minimum absolute atomic E-state index is 0.210. The second kappa shape index (κ2) is 9.99. The van der Waals surface area contributed by atoms with Gasteiger partial charge in [-0.05, 0) is 0 Å². The Morgan fingerprint density at radius 2 is 0.938 bits per heavy atom. The Labute approximate surface area is 115 Å². The van der Waals surface area contributed by atoms with E-state index in [2.05, 4.69) is 51.2 Å². The maximum Gasteiger partial charge on any atom is -0.0860 e. The molecule has 0 radical (unpaired) electrons. The van der Waals surface area contributed by atoms with Crippen LogP contribution >= 0.6 is 0 Å². The third-order valence-corrected chi connectivity index (χ3v) is 1.66. The van der Waals surface area contributed by atoms with Gasteiger partial charge in [0.2, 0.25) is 0 Å². The molecule has 16 heavy (non-hydrogen) atoms. The molecule has 2 heteroatoms. The molecular formula is C14H20SiZr. The fraction of sp³-hybridized carbons (Fsp3) is 0.286. The quantitative estimate of drug-likeness (QED) is 0.505. The molecule has 0 nitrogen and oxygen atoms in total. The molecule has 2 rings (SSSR count). The summed E-state index contributed by atoms with van der Waals surface area (Å²) in [6, 6.07) is 16.5. The van der Waals surface area contributed by atoms with Gasteiger partial charge < -0.3 is 0 Å². The van der Waals surface area contributed by atoms with Crippen LogP contribution in [0.1, 0.15) is 11.1 Å². The van der Waals surface area contributed by atoms with Crippen LogP contribution in [-0.2, 0) is 23.3 Å². The molecule has 0 aromatic heterocycles. The Morgan fingerprint density at radius 1 is 0.750 bits per heavy atom. The van der Waals surface area contributed by atoms with Crippen LogP contribution in [0.25, 0.3) is 0 Å². The minimum Gasteiger partial charge on any atom is -0.213 e. The average molecular weight is 308 g/mol. The largest absolute Gasteiger partial charge is 0.213 e. The van der Waals surface area contributed by atoms with Crippen LogP contribution in [0.5, 0.6) is 0 Å². The molecule has 0 aliphatic carbocycles. The first-order valence-electron chi connectivity index (χ1n) is 5.40. The van der Waals surface area contributed by atoms with Crippen LogP contribution in [0, 0.1) is 13.8 Å². The van der Waals surface area contributed by atoms with Crippen molar-refractivity contribution < 1.29 is 23.3 Å². The van der Waals surface area contributed by atoms with Crippen LogP contribution in [0.15, 0.2) is 48.5 Å². The van der Waals surface area contributed by atoms with Crippen LogP contribution in [0.2, 0.25) is 13.1 Å². The molecule has 2 aromatic carbocycles. The summed E-state index contributed by atoms with van der Waals surface area (Å²) in [6.45, 7) is 8.78. The van der Waals surface area contributed by atoms with Crippen molar-refractivity contribution in [2.24, 2.45) is 0 Å². The van der Waals surface area contributed by atoms with Gasteiger partial charge in [-0.1, -0.05) is 13.8 Å². The molecule has 0 aliphatic rings. The van der Waals surface area contributed by atoms with Crippen molar-refractivity contribution in [2.45, 2.75) is 26.9 Å². The summed E-state index contributed by atoms with van der Waals surface area (Å²) in [4.78, 5) is 0. The molecule has 2 aromatic rings. The molecule has 0 atom stereocenters. The van der Waals surface area contributed by atoms with Crippen LogP contribution in [0.3, 0.4) is 0 Å². The smallest absolute Gasteiger partial charge is 0.0860 e. The first-order chi connectivity index (χ1) is 7.52. The Morgan fingerprint density at radius 3 is 1.00 bits per heavy atom. The SMILES string of the molecule is C[Si](C)=[Zr+2].C[c-]1cccc1.C[c-]1cccc1. The zero-order valence-electron chi connectivity index (χ0n) is 10.6. The fourth-order valence-corrected chi connectivity index (χ4v) is 0.940. The molecule has 0 aliphatic heterocycles. The van der Waals surface area contributed by atoms with Gasteiger partial charge in [0, 0.05) is 0 Å².